The van der Waals surface area contributed by atoms with Crippen molar-refractivity contribution in [2.75, 3.05) is 0 Å². The first-order chi connectivity index (χ1) is 17.3. The number of fused-ring (bicyclic) bond motifs is 1. The van der Waals surface area contributed by atoms with Gasteiger partial charge in [-0.15, -0.1) is 0 Å². The summed E-state index contributed by atoms with van der Waals surface area (Å²) in [4.78, 5) is 43.8. The van der Waals surface area contributed by atoms with Crippen molar-refractivity contribution in [3.05, 3.63) is 80.6 Å². The van der Waals surface area contributed by atoms with Gasteiger partial charge in [0.25, 0.3) is 11.2 Å². The average Bonchev–Trinajstić information content (AvgIpc) is 2.84. The number of carbonyl (C=O) groups excluding carboxylic acids is 1. The molecule has 1 amide bonds. The summed E-state index contributed by atoms with van der Waals surface area (Å²) in [5.41, 5.74) is 0.291. The number of nitro benzene ring substituents is 1. The molecular formula is C27H27FN4O4. The van der Waals surface area contributed by atoms with E-state index in [-0.39, 0.29) is 40.4 Å². The molecule has 4 fully saturated rings. The van der Waals surface area contributed by atoms with Crippen LogP contribution < -0.4 is 5.56 Å². The summed E-state index contributed by atoms with van der Waals surface area (Å²) in [6.07, 6.45) is 7.91. The van der Waals surface area contributed by atoms with Crippen LogP contribution in [0.15, 0.2) is 53.6 Å². The third kappa shape index (κ3) is 3.96. The second-order valence-corrected chi connectivity index (χ2v) is 10.9. The van der Waals surface area contributed by atoms with E-state index in [9.17, 15) is 24.1 Å². The van der Waals surface area contributed by atoms with Crippen LogP contribution in [-0.4, -0.2) is 30.8 Å². The van der Waals surface area contributed by atoms with Crippen LogP contribution in [0.1, 0.15) is 44.1 Å². The molecule has 186 valence electrons. The number of carbonyl (C=O) groups is 1. The fraction of sp³-hybridized carbons (Fsp3) is 0.444. The molecule has 0 radical (unpaired) electrons. The minimum Gasteiger partial charge on any atom is -0.331 e. The van der Waals surface area contributed by atoms with Gasteiger partial charge >= 0.3 is 0 Å². The lowest BCUT2D eigenvalue weighted by Gasteiger charge is -2.60. The minimum absolute atomic E-state index is 0.143. The van der Waals surface area contributed by atoms with E-state index in [4.69, 9.17) is 0 Å². The Balaban J connectivity index is 1.34. The second-order valence-electron chi connectivity index (χ2n) is 10.9. The monoisotopic (exact) mass is 490 g/mol. The molecule has 0 aliphatic heterocycles. The molecule has 0 spiro atoms. The Labute approximate surface area is 206 Å². The average molecular weight is 491 g/mol. The van der Waals surface area contributed by atoms with E-state index in [1.807, 2.05) is 4.90 Å². The predicted octanol–water partition coefficient (Wildman–Crippen LogP) is 4.44. The molecule has 36 heavy (non-hydrogen) atoms. The highest BCUT2D eigenvalue weighted by Gasteiger charge is 2.54. The van der Waals surface area contributed by atoms with E-state index in [1.54, 1.807) is 12.1 Å². The fourth-order valence-corrected chi connectivity index (χ4v) is 7.29. The van der Waals surface area contributed by atoms with E-state index in [2.05, 4.69) is 4.98 Å². The van der Waals surface area contributed by atoms with Gasteiger partial charge in [0.15, 0.2) is 0 Å². The van der Waals surface area contributed by atoms with E-state index in [0.717, 1.165) is 24.8 Å². The van der Waals surface area contributed by atoms with E-state index < -0.39 is 10.5 Å². The number of non-ortho nitro benzene ring substituents is 1. The number of aromatic nitrogens is 2. The number of rotatable bonds is 6. The molecule has 9 heteroatoms. The Kier molecular flexibility index (Phi) is 5.39. The van der Waals surface area contributed by atoms with Crippen molar-refractivity contribution in [1.29, 1.82) is 0 Å². The lowest BCUT2D eigenvalue weighted by Crippen LogP contribution is -2.61. The highest BCUT2D eigenvalue weighted by atomic mass is 19.1. The molecule has 7 rings (SSSR count). The van der Waals surface area contributed by atoms with Gasteiger partial charge in [-0.05, 0) is 80.0 Å². The number of hydrogen-bond acceptors (Lipinski definition) is 5. The third-order valence-corrected chi connectivity index (χ3v) is 8.46. The van der Waals surface area contributed by atoms with Crippen molar-refractivity contribution in [3.8, 4) is 0 Å². The van der Waals surface area contributed by atoms with Crippen LogP contribution in [0.25, 0.3) is 10.9 Å². The smallest absolute Gasteiger partial charge is 0.271 e. The molecule has 4 bridgehead atoms. The zero-order valence-electron chi connectivity index (χ0n) is 19.8. The van der Waals surface area contributed by atoms with Crippen molar-refractivity contribution in [3.63, 3.8) is 0 Å². The van der Waals surface area contributed by atoms with Gasteiger partial charge < -0.3 is 4.90 Å². The number of nitro groups is 1. The molecule has 0 unspecified atom stereocenters. The highest BCUT2D eigenvalue weighted by molar-refractivity contribution is 5.81. The summed E-state index contributed by atoms with van der Waals surface area (Å²) in [5.74, 6) is 1.40. The Morgan fingerprint density at radius 3 is 2.33 bits per heavy atom. The van der Waals surface area contributed by atoms with Crippen LogP contribution in [0.2, 0.25) is 0 Å². The number of nitrogens with zero attached hydrogens (tertiary/aromatic N) is 4. The first-order valence-corrected chi connectivity index (χ1v) is 12.5. The van der Waals surface area contributed by atoms with Crippen LogP contribution in [0.4, 0.5) is 10.1 Å². The van der Waals surface area contributed by atoms with Crippen LogP contribution in [0.5, 0.6) is 0 Å². The molecule has 1 heterocycles. The Bertz CT molecular complexity index is 1380. The van der Waals surface area contributed by atoms with Gasteiger partial charge in [-0.2, -0.15) is 0 Å². The van der Waals surface area contributed by atoms with Crippen LogP contribution in [-0.2, 0) is 17.9 Å². The Morgan fingerprint density at radius 2 is 1.72 bits per heavy atom. The second kappa shape index (κ2) is 8.50. The molecule has 4 aliphatic rings. The molecule has 0 saturated heterocycles. The number of hydrogen-bond donors (Lipinski definition) is 0. The molecule has 8 nitrogen and oxygen atoms in total. The van der Waals surface area contributed by atoms with Gasteiger partial charge in [0, 0.05) is 24.2 Å². The number of halogens is 1. The molecule has 1 aromatic heterocycles. The van der Waals surface area contributed by atoms with E-state index >= 15 is 0 Å². The SMILES string of the molecule is O=C(Cn1cnc2cc([N+](=O)[O-])ccc2c1=O)N(Cc1ccc(F)cc1)C12CC3CC(CC(C3)C1)C2. The minimum atomic E-state index is -0.533. The quantitative estimate of drug-likeness (QED) is 0.376. The molecule has 4 aliphatic carbocycles. The lowest BCUT2D eigenvalue weighted by molar-refractivity contribution is -0.384. The summed E-state index contributed by atoms with van der Waals surface area (Å²) >= 11 is 0. The topological polar surface area (TPSA) is 98.3 Å². The normalized spacial score (nSPS) is 26.3. The van der Waals surface area contributed by atoms with Gasteiger partial charge in [-0.25, -0.2) is 9.37 Å². The summed E-state index contributed by atoms with van der Waals surface area (Å²) in [6.45, 7) is 0.203. The third-order valence-electron chi connectivity index (χ3n) is 8.46. The maximum absolute atomic E-state index is 13.9. The first-order valence-electron chi connectivity index (χ1n) is 12.5. The van der Waals surface area contributed by atoms with Gasteiger partial charge in [-0.3, -0.25) is 24.3 Å². The van der Waals surface area contributed by atoms with Crippen LogP contribution in [0.3, 0.4) is 0 Å². The number of amides is 1. The van der Waals surface area contributed by atoms with Crippen molar-refractivity contribution in [1.82, 2.24) is 14.5 Å². The molecule has 0 N–H and O–H groups in total. The fourth-order valence-electron chi connectivity index (χ4n) is 7.29. The first kappa shape index (κ1) is 22.8. The number of benzene rings is 2. The van der Waals surface area contributed by atoms with Crippen LogP contribution in [0, 0.1) is 33.7 Å². The van der Waals surface area contributed by atoms with E-state index in [0.29, 0.717) is 24.3 Å². The Hall–Kier alpha value is -3.62. The standard InChI is InChI=1S/C27H27FN4O4/c28-21-3-1-17(2-4-21)14-31(27-11-18-7-19(12-27)9-20(8-18)13-27)25(33)15-30-16-29-24-10-22(32(35)36)5-6-23(24)26(30)34/h1-6,10,16,18-20H,7-9,11-15H2. The Morgan fingerprint density at radius 1 is 1.08 bits per heavy atom. The summed E-state index contributed by atoms with van der Waals surface area (Å²) in [7, 11) is 0. The van der Waals surface area contributed by atoms with Gasteiger partial charge in [0.2, 0.25) is 5.91 Å². The van der Waals surface area contributed by atoms with Crippen molar-refractivity contribution in [2.45, 2.75) is 57.2 Å². The van der Waals surface area contributed by atoms with Crippen molar-refractivity contribution < 1.29 is 14.1 Å². The molecule has 2 aromatic carbocycles. The molecular weight excluding hydrogens is 463 g/mol. The van der Waals surface area contributed by atoms with Gasteiger partial charge in [-0.1, -0.05) is 12.1 Å². The maximum Gasteiger partial charge on any atom is 0.271 e. The van der Waals surface area contributed by atoms with E-state index in [1.165, 1.54) is 60.5 Å². The summed E-state index contributed by atoms with van der Waals surface area (Å²) in [6, 6.07) is 10.2. The zero-order chi connectivity index (χ0) is 25.0. The van der Waals surface area contributed by atoms with Crippen molar-refractivity contribution >= 4 is 22.5 Å². The van der Waals surface area contributed by atoms with Crippen molar-refractivity contribution in [2.24, 2.45) is 17.8 Å². The van der Waals surface area contributed by atoms with Gasteiger partial charge in [0.05, 0.1) is 22.2 Å². The summed E-state index contributed by atoms with van der Waals surface area (Å²) in [5, 5.41) is 11.3. The lowest BCUT2D eigenvalue weighted by atomic mass is 9.52. The van der Waals surface area contributed by atoms with Gasteiger partial charge in [0.1, 0.15) is 12.4 Å². The maximum atomic E-state index is 13.9. The molecule has 0 atom stereocenters. The molecule has 3 aromatic rings. The van der Waals surface area contributed by atoms with Crippen LogP contribution >= 0.6 is 0 Å². The summed E-state index contributed by atoms with van der Waals surface area (Å²) < 4.78 is 14.8. The highest BCUT2D eigenvalue weighted by Crippen LogP contribution is 2.58. The largest absolute Gasteiger partial charge is 0.331 e. The molecule has 4 saturated carbocycles. The predicted molar refractivity (Wildman–Crippen MR) is 131 cm³/mol. The zero-order valence-corrected chi connectivity index (χ0v) is 19.8.